The van der Waals surface area contributed by atoms with Gasteiger partial charge in [-0.1, -0.05) is 58.0 Å². The van der Waals surface area contributed by atoms with Gasteiger partial charge < -0.3 is 5.11 Å². The van der Waals surface area contributed by atoms with Crippen molar-refractivity contribution in [1.82, 2.24) is 19.7 Å². The second kappa shape index (κ2) is 8.68. The van der Waals surface area contributed by atoms with Crippen LogP contribution in [0, 0.1) is 0 Å². The van der Waals surface area contributed by atoms with Gasteiger partial charge in [-0.25, -0.2) is 0 Å². The van der Waals surface area contributed by atoms with Crippen LogP contribution >= 0.6 is 27.7 Å². The molecule has 0 aliphatic carbocycles. The first-order valence-electron chi connectivity index (χ1n) is 8.70. The summed E-state index contributed by atoms with van der Waals surface area (Å²) in [5.74, 6) is 1.19. The van der Waals surface area contributed by atoms with Gasteiger partial charge in [-0.15, -0.1) is 10.2 Å². The first-order chi connectivity index (χ1) is 13.7. The van der Waals surface area contributed by atoms with E-state index < -0.39 is 6.10 Å². The zero-order chi connectivity index (χ0) is 19.3. The number of hydrogen-bond acceptors (Lipinski definition) is 5. The normalized spacial score (nSPS) is 12.1. The lowest BCUT2D eigenvalue weighted by molar-refractivity contribution is 0.204. The van der Waals surface area contributed by atoms with E-state index in [2.05, 4.69) is 31.1 Å². The van der Waals surface area contributed by atoms with Crippen LogP contribution in [0.3, 0.4) is 0 Å². The largest absolute Gasteiger partial charge is 0.388 e. The molecule has 4 rings (SSSR count). The lowest BCUT2D eigenvalue weighted by Crippen LogP contribution is -2.03. The number of nitrogens with zero attached hydrogens (tertiary/aromatic N) is 4. The smallest absolute Gasteiger partial charge is 0.196 e. The summed E-state index contributed by atoms with van der Waals surface area (Å²) in [6, 6.07) is 21.4. The molecule has 5 nitrogen and oxygen atoms in total. The summed E-state index contributed by atoms with van der Waals surface area (Å²) in [5.41, 5.74) is 2.72. The highest BCUT2D eigenvalue weighted by Gasteiger charge is 2.18. The summed E-state index contributed by atoms with van der Waals surface area (Å²) in [5, 5.41) is 20.0. The molecule has 4 aromatic rings. The first kappa shape index (κ1) is 18.9. The quantitative estimate of drug-likeness (QED) is 0.420. The van der Waals surface area contributed by atoms with E-state index in [4.69, 9.17) is 0 Å². The van der Waals surface area contributed by atoms with Crippen LogP contribution in [0.15, 0.2) is 88.8 Å². The van der Waals surface area contributed by atoms with Gasteiger partial charge in [-0.2, -0.15) is 0 Å². The Balaban J connectivity index is 1.67. The Morgan fingerprint density at radius 3 is 2.46 bits per heavy atom. The second-order valence-corrected chi connectivity index (χ2v) is 8.00. The summed E-state index contributed by atoms with van der Waals surface area (Å²) in [4.78, 5) is 4.20. The van der Waals surface area contributed by atoms with E-state index in [1.165, 1.54) is 11.8 Å². The van der Waals surface area contributed by atoms with Gasteiger partial charge in [0.25, 0.3) is 0 Å². The van der Waals surface area contributed by atoms with E-state index >= 15 is 0 Å². The average Bonchev–Trinajstić information content (AvgIpc) is 3.18. The van der Waals surface area contributed by atoms with Crippen molar-refractivity contribution in [1.29, 1.82) is 0 Å². The third kappa shape index (κ3) is 4.16. The van der Waals surface area contributed by atoms with Crippen LogP contribution in [0.1, 0.15) is 11.7 Å². The Morgan fingerprint density at radius 1 is 0.964 bits per heavy atom. The van der Waals surface area contributed by atoms with Gasteiger partial charge in [-0.05, 0) is 42.0 Å². The van der Waals surface area contributed by atoms with E-state index in [1.807, 2.05) is 71.3 Å². The maximum atomic E-state index is 10.5. The van der Waals surface area contributed by atoms with Crippen LogP contribution in [-0.4, -0.2) is 30.6 Å². The molecule has 0 saturated carbocycles. The fraction of sp³-hybridized carbons (Fsp3) is 0.0952. The Kier molecular flexibility index (Phi) is 5.85. The molecule has 2 heterocycles. The molecule has 0 amide bonds. The van der Waals surface area contributed by atoms with Crippen LogP contribution in [0.2, 0.25) is 0 Å². The Labute approximate surface area is 175 Å². The molecule has 0 spiro atoms. The van der Waals surface area contributed by atoms with E-state index in [1.54, 1.807) is 12.4 Å². The lowest BCUT2D eigenvalue weighted by Gasteiger charge is -2.13. The van der Waals surface area contributed by atoms with E-state index in [-0.39, 0.29) is 0 Å². The van der Waals surface area contributed by atoms with Crippen LogP contribution < -0.4 is 0 Å². The molecule has 1 atom stereocenters. The molecule has 0 radical (unpaired) electrons. The number of hydrogen-bond donors (Lipinski definition) is 1. The number of pyridine rings is 1. The molecular weight excluding hydrogens is 436 g/mol. The van der Waals surface area contributed by atoms with Gasteiger partial charge in [-0.3, -0.25) is 9.55 Å². The fourth-order valence-electron chi connectivity index (χ4n) is 2.79. The summed E-state index contributed by atoms with van der Waals surface area (Å²) in [7, 11) is 0. The lowest BCUT2D eigenvalue weighted by atomic mass is 10.1. The molecule has 28 heavy (non-hydrogen) atoms. The molecule has 0 fully saturated rings. The van der Waals surface area contributed by atoms with Crippen molar-refractivity contribution in [2.75, 3.05) is 5.75 Å². The van der Waals surface area contributed by atoms with Gasteiger partial charge in [0.1, 0.15) is 0 Å². The third-order valence-electron chi connectivity index (χ3n) is 4.19. The molecular formula is C21H17BrN4OS. The average molecular weight is 453 g/mol. The number of aliphatic hydroxyl groups is 1. The van der Waals surface area contributed by atoms with Crippen molar-refractivity contribution in [2.45, 2.75) is 11.3 Å². The Morgan fingerprint density at radius 2 is 1.75 bits per heavy atom. The molecule has 1 unspecified atom stereocenters. The zero-order valence-electron chi connectivity index (χ0n) is 14.8. The minimum absolute atomic E-state index is 0.478. The predicted octanol–water partition coefficient (Wildman–Crippen LogP) is 4.92. The van der Waals surface area contributed by atoms with Crippen molar-refractivity contribution in [3.63, 3.8) is 0 Å². The molecule has 7 heteroatoms. The minimum atomic E-state index is -0.580. The monoisotopic (exact) mass is 452 g/mol. The first-order valence-corrected chi connectivity index (χ1v) is 10.5. The fourth-order valence-corrected chi connectivity index (χ4v) is 3.98. The minimum Gasteiger partial charge on any atom is -0.388 e. The molecule has 140 valence electrons. The molecule has 0 bridgehead atoms. The summed E-state index contributed by atoms with van der Waals surface area (Å²) in [6.45, 7) is 0. The van der Waals surface area contributed by atoms with Crippen molar-refractivity contribution in [2.24, 2.45) is 0 Å². The highest BCUT2D eigenvalue weighted by molar-refractivity contribution is 9.10. The molecule has 1 N–H and O–H groups in total. The summed E-state index contributed by atoms with van der Waals surface area (Å²) >= 11 is 4.95. The molecule has 0 aliphatic rings. The number of halogens is 1. The van der Waals surface area contributed by atoms with Gasteiger partial charge in [0.2, 0.25) is 0 Å². The highest BCUT2D eigenvalue weighted by atomic mass is 79.9. The van der Waals surface area contributed by atoms with E-state index in [0.717, 1.165) is 26.4 Å². The van der Waals surface area contributed by atoms with Gasteiger partial charge >= 0.3 is 0 Å². The van der Waals surface area contributed by atoms with E-state index in [0.29, 0.717) is 11.6 Å². The number of aromatic nitrogens is 4. The topological polar surface area (TPSA) is 63.8 Å². The van der Waals surface area contributed by atoms with Crippen LogP contribution in [0.5, 0.6) is 0 Å². The molecule has 0 saturated heterocycles. The maximum Gasteiger partial charge on any atom is 0.196 e. The van der Waals surface area contributed by atoms with Crippen LogP contribution in [0.4, 0.5) is 0 Å². The van der Waals surface area contributed by atoms with Crippen molar-refractivity contribution >= 4 is 27.7 Å². The van der Waals surface area contributed by atoms with Crippen LogP contribution in [0.25, 0.3) is 17.1 Å². The Hall–Kier alpha value is -2.48. The van der Waals surface area contributed by atoms with Crippen molar-refractivity contribution in [3.05, 3.63) is 89.2 Å². The SMILES string of the molecule is OC(CSc1nnc(-c2cccnc2)n1-c1ccc(Br)cc1)c1ccccc1. The van der Waals surface area contributed by atoms with Crippen molar-refractivity contribution in [3.8, 4) is 17.1 Å². The Bertz CT molecular complexity index is 1040. The predicted molar refractivity (Wildman–Crippen MR) is 114 cm³/mol. The van der Waals surface area contributed by atoms with Gasteiger partial charge in [0.15, 0.2) is 11.0 Å². The number of rotatable bonds is 6. The second-order valence-electron chi connectivity index (χ2n) is 6.10. The van der Waals surface area contributed by atoms with Crippen LogP contribution in [-0.2, 0) is 0 Å². The van der Waals surface area contributed by atoms with Crippen molar-refractivity contribution < 1.29 is 5.11 Å². The van der Waals surface area contributed by atoms with E-state index in [9.17, 15) is 5.11 Å². The maximum absolute atomic E-state index is 10.5. The zero-order valence-corrected chi connectivity index (χ0v) is 17.2. The number of thioether (sulfide) groups is 1. The summed E-state index contributed by atoms with van der Waals surface area (Å²) in [6.07, 6.45) is 2.92. The third-order valence-corrected chi connectivity index (χ3v) is 5.73. The molecule has 2 aromatic heterocycles. The van der Waals surface area contributed by atoms with Gasteiger partial charge in [0.05, 0.1) is 6.10 Å². The molecule has 2 aromatic carbocycles. The number of benzene rings is 2. The summed E-state index contributed by atoms with van der Waals surface area (Å²) < 4.78 is 2.99. The highest BCUT2D eigenvalue weighted by Crippen LogP contribution is 2.30. The van der Waals surface area contributed by atoms with Gasteiger partial charge in [0, 0.05) is 33.9 Å². The standard InChI is InChI=1S/C21H17BrN4OS/c22-17-8-10-18(11-9-17)26-20(16-7-4-12-23-13-16)24-25-21(26)28-14-19(27)15-5-2-1-3-6-15/h1-13,19,27H,14H2. The number of aliphatic hydroxyl groups excluding tert-OH is 1. The molecule has 0 aliphatic heterocycles.